The van der Waals surface area contributed by atoms with Gasteiger partial charge >= 0.3 is 6.18 Å². The van der Waals surface area contributed by atoms with Gasteiger partial charge in [-0.2, -0.15) is 18.2 Å². The van der Waals surface area contributed by atoms with Gasteiger partial charge in [0.05, 0.1) is 10.4 Å². The van der Waals surface area contributed by atoms with Crippen LogP contribution in [-0.2, 0) is 6.18 Å². The first kappa shape index (κ1) is 9.58. The van der Waals surface area contributed by atoms with E-state index in [-0.39, 0.29) is 12.1 Å². The number of aromatic nitrogens is 4. The number of thiazole rings is 1. The number of halogens is 3. The maximum atomic E-state index is 12.3. The average molecular weight is 247 g/mol. The number of alkyl halides is 3. The van der Waals surface area contributed by atoms with Gasteiger partial charge in [0.15, 0.2) is 6.17 Å². The van der Waals surface area contributed by atoms with Gasteiger partial charge in [-0.25, -0.2) is 4.68 Å². The van der Waals surface area contributed by atoms with Crippen LogP contribution in [0.25, 0.3) is 0 Å². The van der Waals surface area contributed by atoms with Crippen molar-refractivity contribution in [2.45, 2.75) is 12.3 Å². The highest BCUT2D eigenvalue weighted by molar-refractivity contribution is 7.09. The van der Waals surface area contributed by atoms with Crippen LogP contribution in [0.4, 0.5) is 19.1 Å². The van der Waals surface area contributed by atoms with E-state index in [1.165, 1.54) is 16.0 Å². The van der Waals surface area contributed by atoms with Crippen LogP contribution in [0.1, 0.15) is 16.9 Å². The Labute approximate surface area is 90.9 Å². The fourth-order valence-corrected chi connectivity index (χ4v) is 2.04. The lowest BCUT2D eigenvalue weighted by Gasteiger charge is -2.27. The Balaban J connectivity index is 1.95. The number of nitrogens with zero attached hydrogens (tertiary/aromatic N) is 4. The van der Waals surface area contributed by atoms with Crippen LogP contribution >= 0.6 is 11.3 Å². The molecule has 0 amide bonds. The Morgan fingerprint density at radius 2 is 2.25 bits per heavy atom. The topological polar surface area (TPSA) is 55.6 Å². The molecule has 2 aromatic heterocycles. The molecule has 3 rings (SSSR count). The highest BCUT2D eigenvalue weighted by atomic mass is 32.1. The van der Waals surface area contributed by atoms with Crippen molar-refractivity contribution in [3.05, 3.63) is 22.4 Å². The van der Waals surface area contributed by atoms with Crippen molar-refractivity contribution in [1.29, 1.82) is 0 Å². The maximum Gasteiger partial charge on any atom is 0.453 e. The molecular weight excluding hydrogens is 243 g/mol. The predicted octanol–water partition coefficient (Wildman–Crippen LogP) is 1.73. The Kier molecular flexibility index (Phi) is 1.76. The molecule has 1 atom stereocenters. The summed E-state index contributed by atoms with van der Waals surface area (Å²) < 4.78 is 38.1. The van der Waals surface area contributed by atoms with E-state index in [9.17, 15) is 13.2 Å². The second-order valence-corrected chi connectivity index (χ2v) is 4.07. The molecule has 0 saturated heterocycles. The first-order chi connectivity index (χ1) is 7.55. The van der Waals surface area contributed by atoms with Gasteiger partial charge in [-0.05, 0) is 0 Å². The fourth-order valence-electron chi connectivity index (χ4n) is 1.39. The van der Waals surface area contributed by atoms with Gasteiger partial charge in [-0.3, -0.25) is 4.98 Å². The van der Waals surface area contributed by atoms with Crippen LogP contribution in [0.5, 0.6) is 0 Å². The molecule has 0 bridgehead atoms. The van der Waals surface area contributed by atoms with Crippen molar-refractivity contribution in [3.8, 4) is 0 Å². The lowest BCUT2D eigenvalue weighted by Crippen LogP contribution is -2.31. The molecule has 16 heavy (non-hydrogen) atoms. The van der Waals surface area contributed by atoms with Crippen molar-refractivity contribution in [2.75, 3.05) is 5.32 Å². The van der Waals surface area contributed by atoms with Gasteiger partial charge in [-0.1, -0.05) is 0 Å². The first-order valence-electron chi connectivity index (χ1n) is 4.24. The fraction of sp³-hybridized carbons (Fsp3) is 0.286. The van der Waals surface area contributed by atoms with Crippen LogP contribution in [-0.4, -0.2) is 19.7 Å². The monoisotopic (exact) mass is 247 g/mol. The summed E-state index contributed by atoms with van der Waals surface area (Å²) in [6.45, 7) is 0. The van der Waals surface area contributed by atoms with Crippen molar-refractivity contribution in [2.24, 2.45) is 0 Å². The summed E-state index contributed by atoms with van der Waals surface area (Å²) >= 11 is 1.34. The van der Waals surface area contributed by atoms with E-state index in [0.717, 1.165) is 4.88 Å². The number of fused-ring (bicyclic) bond motifs is 1. The van der Waals surface area contributed by atoms with E-state index >= 15 is 0 Å². The molecule has 1 N–H and O–H groups in total. The molecule has 1 unspecified atom stereocenters. The minimum absolute atomic E-state index is 0.130. The van der Waals surface area contributed by atoms with Gasteiger partial charge in [0, 0.05) is 6.20 Å². The summed E-state index contributed by atoms with van der Waals surface area (Å²) in [6, 6.07) is 0. The van der Waals surface area contributed by atoms with Crippen LogP contribution in [0.15, 0.2) is 11.7 Å². The quantitative estimate of drug-likeness (QED) is 0.833. The maximum absolute atomic E-state index is 12.3. The molecule has 0 aliphatic carbocycles. The zero-order chi connectivity index (χ0) is 11.3. The Morgan fingerprint density at radius 1 is 1.44 bits per heavy atom. The van der Waals surface area contributed by atoms with Gasteiger partial charge in [-0.15, -0.1) is 16.4 Å². The van der Waals surface area contributed by atoms with Crippen molar-refractivity contribution in [1.82, 2.24) is 19.7 Å². The van der Waals surface area contributed by atoms with Crippen molar-refractivity contribution in [3.63, 3.8) is 0 Å². The third-order valence-electron chi connectivity index (χ3n) is 2.12. The molecule has 3 heterocycles. The van der Waals surface area contributed by atoms with Crippen molar-refractivity contribution < 1.29 is 13.2 Å². The normalized spacial score (nSPS) is 18.8. The molecule has 0 spiro atoms. The highest BCUT2D eigenvalue weighted by Crippen LogP contribution is 2.36. The zero-order valence-electron chi connectivity index (χ0n) is 7.56. The molecule has 2 aromatic rings. The number of rotatable bonds is 1. The van der Waals surface area contributed by atoms with Crippen LogP contribution in [0, 0.1) is 0 Å². The smallest absolute Gasteiger partial charge is 0.328 e. The summed E-state index contributed by atoms with van der Waals surface area (Å²) in [6.07, 6.45) is -3.31. The Bertz CT molecular complexity index is 517. The largest absolute Gasteiger partial charge is 0.453 e. The van der Waals surface area contributed by atoms with Gasteiger partial charge in [0.1, 0.15) is 0 Å². The molecule has 0 fully saturated rings. The Hall–Kier alpha value is -1.64. The number of hydrogen-bond donors (Lipinski definition) is 1. The van der Waals surface area contributed by atoms with Crippen LogP contribution < -0.4 is 5.32 Å². The molecule has 1 aliphatic heterocycles. The van der Waals surface area contributed by atoms with Crippen molar-refractivity contribution >= 4 is 17.3 Å². The number of hydrogen-bond acceptors (Lipinski definition) is 5. The van der Waals surface area contributed by atoms with E-state index in [1.54, 1.807) is 11.7 Å². The van der Waals surface area contributed by atoms with Gasteiger partial charge in [0.25, 0.3) is 5.82 Å². The zero-order valence-corrected chi connectivity index (χ0v) is 8.38. The Morgan fingerprint density at radius 3 is 2.88 bits per heavy atom. The second kappa shape index (κ2) is 2.94. The lowest BCUT2D eigenvalue weighted by atomic mass is 10.3. The summed E-state index contributed by atoms with van der Waals surface area (Å²) in [5.41, 5.74) is 1.61. The highest BCUT2D eigenvalue weighted by Gasteiger charge is 2.41. The minimum Gasteiger partial charge on any atom is -0.328 e. The second-order valence-electron chi connectivity index (χ2n) is 3.15. The summed E-state index contributed by atoms with van der Waals surface area (Å²) in [5.74, 6) is -0.993. The van der Waals surface area contributed by atoms with Gasteiger partial charge in [0.2, 0.25) is 5.95 Å². The summed E-state index contributed by atoms with van der Waals surface area (Å²) in [7, 11) is 0. The molecule has 0 radical (unpaired) electrons. The van der Waals surface area contributed by atoms with E-state index in [0.29, 0.717) is 0 Å². The predicted molar refractivity (Wildman–Crippen MR) is 48.9 cm³/mol. The first-order valence-corrected chi connectivity index (χ1v) is 5.12. The molecule has 0 saturated carbocycles. The van der Waals surface area contributed by atoms with Crippen LogP contribution in [0.3, 0.4) is 0 Å². The SMILES string of the molecule is FC(F)(F)c1nc2n(n1)C(c1cncs1)N2. The number of anilines is 1. The average Bonchev–Trinajstić information content (AvgIpc) is 2.75. The van der Waals surface area contributed by atoms with E-state index < -0.39 is 12.0 Å². The third kappa shape index (κ3) is 1.28. The third-order valence-corrected chi connectivity index (χ3v) is 2.94. The van der Waals surface area contributed by atoms with Gasteiger partial charge < -0.3 is 5.32 Å². The lowest BCUT2D eigenvalue weighted by molar-refractivity contribution is -0.144. The summed E-state index contributed by atoms with van der Waals surface area (Å²) in [4.78, 5) is 7.97. The molecular formula is C7H4F3N5S. The standard InChI is InChI=1S/C7H4F3N5S/c8-7(9,10)5-13-6-12-4(15(6)14-5)3-1-11-2-16-3/h1-2,4H,(H,12,13,14). The van der Waals surface area contributed by atoms with E-state index in [1.807, 2.05) is 0 Å². The van der Waals surface area contributed by atoms with E-state index in [2.05, 4.69) is 20.4 Å². The minimum atomic E-state index is -4.51. The number of nitrogens with one attached hydrogen (secondary N) is 1. The molecule has 9 heteroatoms. The molecule has 5 nitrogen and oxygen atoms in total. The molecule has 84 valence electrons. The van der Waals surface area contributed by atoms with E-state index in [4.69, 9.17) is 0 Å². The van der Waals surface area contributed by atoms with Crippen LogP contribution in [0.2, 0.25) is 0 Å². The molecule has 0 aromatic carbocycles. The molecule has 1 aliphatic rings. The summed E-state index contributed by atoms with van der Waals surface area (Å²) in [5, 5.41) is 6.18.